The topological polar surface area (TPSA) is 38.0 Å². The lowest BCUT2D eigenvalue weighted by atomic mass is 10.3. The van der Waals surface area contributed by atoms with Gasteiger partial charge in [-0.3, -0.25) is 0 Å². The Morgan fingerprint density at radius 3 is 2.80 bits per heavy atom. The van der Waals surface area contributed by atoms with Gasteiger partial charge >= 0.3 is 0 Å². The van der Waals surface area contributed by atoms with Crippen LogP contribution in [0, 0.1) is 0 Å². The van der Waals surface area contributed by atoms with Crippen molar-refractivity contribution in [3.05, 3.63) is 12.2 Å². The average molecular weight is 142 g/mol. The van der Waals surface area contributed by atoms with E-state index in [0.29, 0.717) is 6.54 Å². The highest BCUT2D eigenvalue weighted by Gasteiger charge is 1.80. The molecule has 0 aliphatic carbocycles. The molecule has 10 heavy (non-hydrogen) atoms. The summed E-state index contributed by atoms with van der Waals surface area (Å²) in [4.78, 5) is 0. The molecule has 0 saturated heterocycles. The van der Waals surface area contributed by atoms with Crippen LogP contribution in [0.5, 0.6) is 0 Å². The van der Waals surface area contributed by atoms with Crippen molar-refractivity contribution in [2.24, 2.45) is 5.73 Å². The molecule has 0 aromatic heterocycles. The van der Waals surface area contributed by atoms with Gasteiger partial charge in [-0.25, -0.2) is 0 Å². The second-order valence-corrected chi connectivity index (χ2v) is 2.26. The summed E-state index contributed by atoms with van der Waals surface area (Å²) in [6, 6.07) is 0. The van der Waals surface area contributed by atoms with E-state index in [1.165, 1.54) is 12.8 Å². The Bertz CT molecular complexity index is 79.3. The minimum absolute atomic E-state index is 0.648. The summed E-state index contributed by atoms with van der Waals surface area (Å²) in [6.45, 7) is 4.91. The molecule has 0 fully saturated rings. The van der Waals surface area contributed by atoms with Gasteiger partial charge in [-0.1, -0.05) is 25.5 Å². The third-order valence-electron chi connectivity index (χ3n) is 1.27. The van der Waals surface area contributed by atoms with Crippen LogP contribution < -0.4 is 11.1 Å². The van der Waals surface area contributed by atoms with Crippen molar-refractivity contribution < 1.29 is 0 Å². The van der Waals surface area contributed by atoms with Crippen LogP contribution >= 0.6 is 0 Å². The zero-order valence-corrected chi connectivity index (χ0v) is 6.77. The van der Waals surface area contributed by atoms with Crippen molar-refractivity contribution >= 4 is 0 Å². The zero-order chi connectivity index (χ0) is 7.66. The fraction of sp³-hybridized carbons (Fsp3) is 0.750. The maximum atomic E-state index is 5.25. The lowest BCUT2D eigenvalue weighted by Gasteiger charge is -1.97. The normalized spacial score (nSPS) is 11.0. The molecule has 0 aromatic rings. The predicted octanol–water partition coefficient (Wildman–Crippen LogP) is 0.891. The smallest absolute Gasteiger partial charge is 0.0135 e. The molecule has 0 atom stereocenters. The van der Waals surface area contributed by atoms with Crippen molar-refractivity contribution in [3.8, 4) is 0 Å². The van der Waals surface area contributed by atoms with Crippen LogP contribution in [-0.2, 0) is 0 Å². The highest BCUT2D eigenvalue weighted by Crippen LogP contribution is 1.81. The molecule has 3 N–H and O–H groups in total. The van der Waals surface area contributed by atoms with Crippen molar-refractivity contribution in [2.45, 2.75) is 19.8 Å². The van der Waals surface area contributed by atoms with E-state index in [-0.39, 0.29) is 0 Å². The van der Waals surface area contributed by atoms with E-state index in [2.05, 4.69) is 18.3 Å². The maximum absolute atomic E-state index is 5.25. The maximum Gasteiger partial charge on any atom is 0.0135 e. The molecule has 0 radical (unpaired) electrons. The van der Waals surface area contributed by atoms with Crippen LogP contribution in [0.15, 0.2) is 12.2 Å². The number of rotatable bonds is 6. The number of hydrogen-bond acceptors (Lipinski definition) is 2. The fourth-order valence-corrected chi connectivity index (χ4v) is 0.667. The van der Waals surface area contributed by atoms with Crippen LogP contribution in [0.4, 0.5) is 0 Å². The molecule has 60 valence electrons. The van der Waals surface area contributed by atoms with E-state index in [1.54, 1.807) is 0 Å². The number of nitrogens with two attached hydrogens (primary N) is 1. The first-order valence-corrected chi connectivity index (χ1v) is 3.97. The minimum Gasteiger partial charge on any atom is -0.327 e. The first-order valence-electron chi connectivity index (χ1n) is 3.97. The second-order valence-electron chi connectivity index (χ2n) is 2.26. The molecule has 2 heteroatoms. The van der Waals surface area contributed by atoms with Gasteiger partial charge in [0, 0.05) is 13.1 Å². The van der Waals surface area contributed by atoms with Gasteiger partial charge in [-0.05, 0) is 13.0 Å². The first kappa shape index (κ1) is 9.66. The molecule has 0 bridgehead atoms. The SMILES string of the molecule is CCCCNC/C=C/CN. The molecule has 0 amide bonds. The molecule has 2 nitrogen and oxygen atoms in total. The van der Waals surface area contributed by atoms with Gasteiger partial charge in [0.1, 0.15) is 0 Å². The molecule has 0 aliphatic heterocycles. The summed E-state index contributed by atoms with van der Waals surface area (Å²) in [5, 5.41) is 3.28. The highest BCUT2D eigenvalue weighted by molar-refractivity contribution is 4.84. The van der Waals surface area contributed by atoms with E-state index in [9.17, 15) is 0 Å². The minimum atomic E-state index is 0.648. The molecule has 0 aromatic carbocycles. The summed E-state index contributed by atoms with van der Waals surface area (Å²) >= 11 is 0. The number of unbranched alkanes of at least 4 members (excludes halogenated alkanes) is 1. The quantitative estimate of drug-likeness (QED) is 0.427. The summed E-state index contributed by atoms with van der Waals surface area (Å²) in [5.74, 6) is 0. The van der Waals surface area contributed by atoms with Gasteiger partial charge in [0.15, 0.2) is 0 Å². The summed E-state index contributed by atoms with van der Waals surface area (Å²) in [6.07, 6.45) is 6.55. The van der Waals surface area contributed by atoms with Gasteiger partial charge in [0.05, 0.1) is 0 Å². The fourth-order valence-electron chi connectivity index (χ4n) is 0.667. The summed E-state index contributed by atoms with van der Waals surface area (Å²) in [5.41, 5.74) is 5.25. The van der Waals surface area contributed by atoms with Crippen LogP contribution in [-0.4, -0.2) is 19.6 Å². The predicted molar refractivity (Wildman–Crippen MR) is 46.0 cm³/mol. The van der Waals surface area contributed by atoms with Crippen molar-refractivity contribution in [1.82, 2.24) is 5.32 Å². The summed E-state index contributed by atoms with van der Waals surface area (Å²) in [7, 11) is 0. The van der Waals surface area contributed by atoms with E-state index in [1.807, 2.05) is 6.08 Å². The highest BCUT2D eigenvalue weighted by atomic mass is 14.8. The van der Waals surface area contributed by atoms with Crippen LogP contribution in [0.3, 0.4) is 0 Å². The third kappa shape index (κ3) is 7.66. The number of nitrogens with one attached hydrogen (secondary N) is 1. The van der Waals surface area contributed by atoms with Gasteiger partial charge in [0.2, 0.25) is 0 Å². The Hall–Kier alpha value is -0.340. The van der Waals surface area contributed by atoms with Crippen LogP contribution in [0.2, 0.25) is 0 Å². The Kier molecular flexibility index (Phi) is 8.37. The third-order valence-corrected chi connectivity index (χ3v) is 1.27. The molecule has 0 rings (SSSR count). The lowest BCUT2D eigenvalue weighted by molar-refractivity contribution is 0.681. The van der Waals surface area contributed by atoms with Crippen molar-refractivity contribution in [2.75, 3.05) is 19.6 Å². The molecule has 0 spiro atoms. The molecule has 0 aliphatic rings. The van der Waals surface area contributed by atoms with Gasteiger partial charge < -0.3 is 11.1 Å². The van der Waals surface area contributed by atoms with Crippen LogP contribution in [0.25, 0.3) is 0 Å². The zero-order valence-electron chi connectivity index (χ0n) is 6.77. The summed E-state index contributed by atoms with van der Waals surface area (Å²) < 4.78 is 0. The van der Waals surface area contributed by atoms with Gasteiger partial charge in [-0.2, -0.15) is 0 Å². The standard InChI is InChI=1S/C8H18N2/c1-2-3-7-10-8-5-4-6-9/h4-5,10H,2-3,6-9H2,1H3/b5-4+. The van der Waals surface area contributed by atoms with E-state index in [0.717, 1.165) is 13.1 Å². The Morgan fingerprint density at radius 2 is 2.20 bits per heavy atom. The van der Waals surface area contributed by atoms with Crippen molar-refractivity contribution in [1.29, 1.82) is 0 Å². The van der Waals surface area contributed by atoms with E-state index >= 15 is 0 Å². The van der Waals surface area contributed by atoms with E-state index < -0.39 is 0 Å². The second kappa shape index (κ2) is 8.66. The molecule has 0 saturated carbocycles. The molecule has 0 unspecified atom stereocenters. The monoisotopic (exact) mass is 142 g/mol. The first-order chi connectivity index (χ1) is 4.91. The van der Waals surface area contributed by atoms with E-state index in [4.69, 9.17) is 5.73 Å². The Labute approximate surface area is 63.5 Å². The lowest BCUT2D eigenvalue weighted by Crippen LogP contribution is -2.14. The molecular formula is C8H18N2. The van der Waals surface area contributed by atoms with Crippen molar-refractivity contribution in [3.63, 3.8) is 0 Å². The number of hydrogen-bond donors (Lipinski definition) is 2. The van der Waals surface area contributed by atoms with Crippen LogP contribution in [0.1, 0.15) is 19.8 Å². The van der Waals surface area contributed by atoms with Gasteiger partial charge in [-0.15, -0.1) is 0 Å². The van der Waals surface area contributed by atoms with Gasteiger partial charge in [0.25, 0.3) is 0 Å². The molecule has 0 heterocycles. The Balaban J connectivity index is 2.83. The molecular weight excluding hydrogens is 124 g/mol. The average Bonchev–Trinajstić information content (AvgIpc) is 1.97. The largest absolute Gasteiger partial charge is 0.327 e. The Morgan fingerprint density at radius 1 is 1.40 bits per heavy atom.